The fraction of sp³-hybridized carbons (Fsp3) is 0.438. The highest BCUT2D eigenvalue weighted by molar-refractivity contribution is 6.03. The molecule has 0 aliphatic carbocycles. The molecule has 2 aromatic carbocycles. The first kappa shape index (κ1) is 33.1. The van der Waals surface area contributed by atoms with Gasteiger partial charge >= 0.3 is 0 Å². The van der Waals surface area contributed by atoms with Crippen molar-refractivity contribution in [2.75, 3.05) is 38.4 Å². The molecule has 240 valence electrons. The zero-order valence-corrected chi connectivity index (χ0v) is 26.8. The molecule has 1 saturated heterocycles. The summed E-state index contributed by atoms with van der Waals surface area (Å²) in [6.07, 6.45) is 2.55. The van der Waals surface area contributed by atoms with Crippen LogP contribution in [0, 0.1) is 5.41 Å². The van der Waals surface area contributed by atoms with Gasteiger partial charge < -0.3 is 36.2 Å². The number of methoxy groups -OCH3 is 1. The van der Waals surface area contributed by atoms with E-state index in [0.717, 1.165) is 0 Å². The monoisotopic (exact) mass is 618 g/mol. The number of carbonyl (C=O) groups is 4. The van der Waals surface area contributed by atoms with Gasteiger partial charge in [-0.15, -0.1) is 0 Å². The molecular weight excluding hydrogens is 576 g/mol. The van der Waals surface area contributed by atoms with Gasteiger partial charge in [-0.05, 0) is 62.6 Å². The lowest BCUT2D eigenvalue weighted by atomic mass is 9.85. The molecular formula is C32H42N8O5. The second-order valence-corrected chi connectivity index (χ2v) is 12.1. The summed E-state index contributed by atoms with van der Waals surface area (Å²) in [4.78, 5) is 62.5. The summed E-state index contributed by atoms with van der Waals surface area (Å²) in [7, 11) is 4.75. The molecule has 0 bridgehead atoms. The van der Waals surface area contributed by atoms with Gasteiger partial charge in [-0.25, -0.2) is 9.97 Å². The predicted octanol–water partition coefficient (Wildman–Crippen LogP) is 2.81. The van der Waals surface area contributed by atoms with E-state index in [1.54, 1.807) is 62.3 Å². The normalized spacial score (nSPS) is 16.1. The number of nitrogens with zero attached hydrogens (tertiary/aromatic N) is 3. The number of hydrogen-bond donors (Lipinski definition) is 5. The molecule has 0 saturated carbocycles. The molecule has 45 heavy (non-hydrogen) atoms. The summed E-state index contributed by atoms with van der Waals surface area (Å²) in [5.74, 6) is -0.260. The first-order chi connectivity index (χ1) is 21.4. The number of likely N-dealkylation sites (N-methyl/N-ethyl adjacent to an activating group) is 1. The van der Waals surface area contributed by atoms with Crippen LogP contribution in [-0.4, -0.2) is 84.4 Å². The van der Waals surface area contributed by atoms with Crippen LogP contribution in [0.4, 0.5) is 17.2 Å². The maximum Gasteiger partial charge on any atom is 0.251 e. The average molecular weight is 619 g/mol. The quantitative estimate of drug-likeness (QED) is 0.230. The van der Waals surface area contributed by atoms with Gasteiger partial charge in [-0.2, -0.15) is 0 Å². The minimum atomic E-state index is -0.819. The number of benzene rings is 2. The van der Waals surface area contributed by atoms with E-state index in [1.807, 2.05) is 20.8 Å². The summed E-state index contributed by atoms with van der Waals surface area (Å²) >= 11 is 0. The van der Waals surface area contributed by atoms with Gasteiger partial charge in [0.1, 0.15) is 30.0 Å². The zero-order valence-electron chi connectivity index (χ0n) is 26.8. The fourth-order valence-corrected chi connectivity index (χ4v) is 5.17. The first-order valence-corrected chi connectivity index (χ1v) is 14.9. The summed E-state index contributed by atoms with van der Waals surface area (Å²) < 4.78 is 5.59. The van der Waals surface area contributed by atoms with E-state index in [4.69, 9.17) is 4.74 Å². The Balaban J connectivity index is 1.59. The maximum atomic E-state index is 13.8. The van der Waals surface area contributed by atoms with Crippen molar-refractivity contribution >= 4 is 51.7 Å². The van der Waals surface area contributed by atoms with Crippen LogP contribution < -0.4 is 31.3 Å². The Bertz CT molecular complexity index is 1570. The van der Waals surface area contributed by atoms with Gasteiger partial charge in [0.2, 0.25) is 17.7 Å². The van der Waals surface area contributed by atoms with Crippen LogP contribution >= 0.6 is 0 Å². The highest BCUT2D eigenvalue weighted by Crippen LogP contribution is 2.34. The number of likely N-dealkylation sites (tertiary alicyclic amines) is 1. The van der Waals surface area contributed by atoms with E-state index in [0.29, 0.717) is 58.8 Å². The standard InChI is InChI=1S/C32H42N8O5/c1-18(33-5)28(41)39-26(32(2,3)4)31(44)40-14-8-9-24(40)30(43)38-23-15-21-22(16-25(23)45-7)35-17-36-27(21)37-20-12-10-19(11-13-20)29(42)34-6/h10-13,15-18,24,26,33H,8-9,14H2,1-7H3,(H,34,42)(H,38,43)(H,39,41)(H,35,36,37). The van der Waals surface area contributed by atoms with Gasteiger partial charge in [-0.3, -0.25) is 19.2 Å². The molecule has 1 aromatic heterocycles. The van der Waals surface area contributed by atoms with Crippen LogP contribution in [0.5, 0.6) is 5.75 Å². The molecule has 1 aliphatic rings. The van der Waals surface area contributed by atoms with E-state index in [2.05, 4.69) is 36.6 Å². The molecule has 13 heteroatoms. The number of anilines is 3. The second kappa shape index (κ2) is 13.9. The molecule has 0 spiro atoms. The SMILES string of the molecule is CNC(=O)c1ccc(Nc2ncnc3cc(OC)c(NC(=O)C4CCCN4C(=O)C(NC(=O)C(C)NC)C(C)(C)C)cc23)cc1. The van der Waals surface area contributed by atoms with Gasteiger partial charge in [0.25, 0.3) is 5.91 Å². The van der Waals surface area contributed by atoms with Crippen LogP contribution in [-0.2, 0) is 14.4 Å². The average Bonchev–Trinajstić information content (AvgIpc) is 3.52. The van der Waals surface area contributed by atoms with Gasteiger partial charge in [0.05, 0.1) is 24.4 Å². The van der Waals surface area contributed by atoms with Crippen molar-refractivity contribution in [2.45, 2.75) is 58.7 Å². The Morgan fingerprint density at radius 1 is 1.04 bits per heavy atom. The molecule has 2 heterocycles. The number of rotatable bonds is 10. The summed E-state index contributed by atoms with van der Waals surface area (Å²) in [5.41, 5.74) is 1.62. The molecule has 3 atom stereocenters. The number of aromatic nitrogens is 2. The third-order valence-electron chi connectivity index (χ3n) is 7.92. The summed E-state index contributed by atoms with van der Waals surface area (Å²) in [6.45, 7) is 7.77. The minimum absolute atomic E-state index is 0.189. The Hall–Kier alpha value is -4.78. The van der Waals surface area contributed by atoms with Crippen LogP contribution in [0.3, 0.4) is 0 Å². The molecule has 1 fully saturated rings. The predicted molar refractivity (Wildman–Crippen MR) is 172 cm³/mol. The molecule has 0 radical (unpaired) electrons. The van der Waals surface area contributed by atoms with Gasteiger partial charge in [-0.1, -0.05) is 20.8 Å². The van der Waals surface area contributed by atoms with Crippen LogP contribution in [0.25, 0.3) is 10.9 Å². The third-order valence-corrected chi connectivity index (χ3v) is 7.92. The second-order valence-electron chi connectivity index (χ2n) is 12.1. The summed E-state index contributed by atoms with van der Waals surface area (Å²) in [6, 6.07) is 8.34. The number of ether oxygens (including phenoxy) is 1. The molecule has 3 aromatic rings. The fourth-order valence-electron chi connectivity index (χ4n) is 5.17. The van der Waals surface area contributed by atoms with Crippen LogP contribution in [0.2, 0.25) is 0 Å². The Kier molecular flexibility index (Phi) is 10.2. The Labute approximate surface area is 262 Å². The molecule has 5 N–H and O–H groups in total. The molecule has 4 amide bonds. The largest absolute Gasteiger partial charge is 0.494 e. The molecule has 13 nitrogen and oxygen atoms in total. The van der Waals surface area contributed by atoms with Crippen molar-refractivity contribution in [3.05, 3.63) is 48.3 Å². The first-order valence-electron chi connectivity index (χ1n) is 14.9. The molecule has 3 unspecified atom stereocenters. The van der Waals surface area contributed by atoms with E-state index < -0.39 is 23.5 Å². The smallest absolute Gasteiger partial charge is 0.251 e. The van der Waals surface area contributed by atoms with Crippen LogP contribution in [0.1, 0.15) is 50.9 Å². The Morgan fingerprint density at radius 3 is 2.38 bits per heavy atom. The lowest BCUT2D eigenvalue weighted by Crippen LogP contribution is -2.59. The number of amides is 4. The van der Waals surface area contributed by atoms with Gasteiger partial charge in [0.15, 0.2) is 0 Å². The number of hydrogen-bond acceptors (Lipinski definition) is 9. The van der Waals surface area contributed by atoms with E-state index in [1.165, 1.54) is 13.4 Å². The minimum Gasteiger partial charge on any atom is -0.494 e. The van der Waals surface area contributed by atoms with E-state index in [9.17, 15) is 19.2 Å². The third kappa shape index (κ3) is 7.48. The number of nitrogens with one attached hydrogen (secondary N) is 5. The van der Waals surface area contributed by atoms with Gasteiger partial charge in [0, 0.05) is 36.3 Å². The van der Waals surface area contributed by atoms with Crippen molar-refractivity contribution in [1.29, 1.82) is 0 Å². The number of fused-ring (bicyclic) bond motifs is 1. The maximum absolute atomic E-state index is 13.8. The summed E-state index contributed by atoms with van der Waals surface area (Å²) in [5, 5.41) is 15.2. The van der Waals surface area contributed by atoms with Crippen molar-refractivity contribution < 1.29 is 23.9 Å². The highest BCUT2D eigenvalue weighted by atomic mass is 16.5. The van der Waals surface area contributed by atoms with Crippen molar-refractivity contribution in [2.24, 2.45) is 5.41 Å². The van der Waals surface area contributed by atoms with Crippen LogP contribution in [0.15, 0.2) is 42.7 Å². The molecule has 1 aliphatic heterocycles. The van der Waals surface area contributed by atoms with Crippen molar-refractivity contribution in [3.63, 3.8) is 0 Å². The van der Waals surface area contributed by atoms with E-state index >= 15 is 0 Å². The lowest BCUT2D eigenvalue weighted by Gasteiger charge is -2.36. The zero-order chi connectivity index (χ0) is 32.9. The topological polar surface area (TPSA) is 167 Å². The van der Waals surface area contributed by atoms with Crippen molar-refractivity contribution in [3.8, 4) is 5.75 Å². The molecule has 4 rings (SSSR count). The lowest BCUT2D eigenvalue weighted by molar-refractivity contribution is -0.143. The Morgan fingerprint density at radius 2 is 1.76 bits per heavy atom. The van der Waals surface area contributed by atoms with E-state index in [-0.39, 0.29) is 23.6 Å². The number of carbonyl (C=O) groups excluding carboxylic acids is 4. The highest BCUT2D eigenvalue weighted by Gasteiger charge is 2.42. The van der Waals surface area contributed by atoms with Crippen molar-refractivity contribution in [1.82, 2.24) is 30.8 Å².